The number of rotatable bonds is 5. The Labute approximate surface area is 169 Å². The Balaban J connectivity index is 1.55. The second kappa shape index (κ2) is 7.95. The largest absolute Gasteiger partial charge is 0.496 e. The minimum absolute atomic E-state index is 0.136. The predicted octanol–water partition coefficient (Wildman–Crippen LogP) is 1.96. The number of nitrogens with zero attached hydrogens (tertiary/aromatic N) is 2. The van der Waals surface area contributed by atoms with Gasteiger partial charge in [-0.2, -0.15) is 0 Å². The molecule has 0 saturated carbocycles. The zero-order valence-corrected chi connectivity index (χ0v) is 16.3. The van der Waals surface area contributed by atoms with Crippen molar-refractivity contribution in [2.45, 2.75) is 25.4 Å². The van der Waals surface area contributed by atoms with Crippen molar-refractivity contribution in [2.75, 3.05) is 25.1 Å². The molecular weight excluding hydrogens is 370 g/mol. The van der Waals surface area contributed by atoms with Crippen molar-refractivity contribution in [3.63, 3.8) is 0 Å². The quantitative estimate of drug-likeness (QED) is 0.842. The van der Waals surface area contributed by atoms with Crippen LogP contribution in [0.15, 0.2) is 48.5 Å². The second-order valence-electron chi connectivity index (χ2n) is 7.19. The van der Waals surface area contributed by atoms with Crippen molar-refractivity contribution in [2.24, 2.45) is 0 Å². The number of methoxy groups -OCH3 is 1. The minimum atomic E-state index is -0.503. The molecule has 1 N–H and O–H groups in total. The zero-order chi connectivity index (χ0) is 20.4. The molecule has 3 amide bonds. The Morgan fingerprint density at radius 2 is 1.90 bits per heavy atom. The highest BCUT2D eigenvalue weighted by Gasteiger charge is 2.42. The third kappa shape index (κ3) is 3.55. The molecule has 1 atom stereocenters. The molecule has 1 saturated heterocycles. The molecule has 0 bridgehead atoms. The molecule has 7 nitrogen and oxygen atoms in total. The minimum Gasteiger partial charge on any atom is -0.496 e. The molecule has 0 aliphatic carbocycles. The van der Waals surface area contributed by atoms with E-state index in [1.165, 1.54) is 4.90 Å². The molecule has 29 heavy (non-hydrogen) atoms. The lowest BCUT2D eigenvalue weighted by Gasteiger charge is -2.25. The number of ether oxygens (including phenoxy) is 1. The second-order valence-corrected chi connectivity index (χ2v) is 7.19. The average molecular weight is 393 g/mol. The van der Waals surface area contributed by atoms with Crippen LogP contribution in [-0.2, 0) is 16.1 Å². The van der Waals surface area contributed by atoms with E-state index in [0.29, 0.717) is 36.5 Å². The van der Waals surface area contributed by atoms with Crippen molar-refractivity contribution in [3.8, 4) is 5.75 Å². The lowest BCUT2D eigenvalue weighted by molar-refractivity contribution is -0.125. The third-order valence-corrected chi connectivity index (χ3v) is 5.46. The van der Waals surface area contributed by atoms with Gasteiger partial charge in [0.25, 0.3) is 5.91 Å². The summed E-state index contributed by atoms with van der Waals surface area (Å²) in [4.78, 5) is 41.8. The number of carbonyl (C=O) groups is 3. The first-order chi connectivity index (χ1) is 14.1. The van der Waals surface area contributed by atoms with Crippen molar-refractivity contribution in [1.82, 2.24) is 10.2 Å². The normalized spacial score (nSPS) is 18.2. The highest BCUT2D eigenvalue weighted by atomic mass is 16.5. The molecule has 2 aliphatic heterocycles. The van der Waals surface area contributed by atoms with Crippen LogP contribution in [0.25, 0.3) is 0 Å². The Morgan fingerprint density at radius 1 is 1.14 bits per heavy atom. The Morgan fingerprint density at radius 3 is 2.72 bits per heavy atom. The topological polar surface area (TPSA) is 79.0 Å². The molecule has 0 spiro atoms. The number of hydrogen-bond acceptors (Lipinski definition) is 4. The average Bonchev–Trinajstić information content (AvgIpc) is 3.22. The zero-order valence-electron chi connectivity index (χ0n) is 16.3. The number of nitrogens with one attached hydrogen (secondary N) is 1. The van der Waals surface area contributed by atoms with E-state index < -0.39 is 6.04 Å². The number of hydrogen-bond donors (Lipinski definition) is 1. The summed E-state index contributed by atoms with van der Waals surface area (Å²) in [6.07, 6.45) is 1.41. The third-order valence-electron chi connectivity index (χ3n) is 5.46. The number of fused-ring (bicyclic) bond motifs is 2. The van der Waals surface area contributed by atoms with Crippen molar-refractivity contribution < 1.29 is 19.1 Å². The highest BCUT2D eigenvalue weighted by Crippen LogP contribution is 2.32. The van der Waals surface area contributed by atoms with E-state index >= 15 is 0 Å². The van der Waals surface area contributed by atoms with Gasteiger partial charge in [0.1, 0.15) is 18.3 Å². The summed E-state index contributed by atoms with van der Waals surface area (Å²) in [5, 5.41) is 2.85. The van der Waals surface area contributed by atoms with Gasteiger partial charge in [-0.15, -0.1) is 0 Å². The van der Waals surface area contributed by atoms with Crippen LogP contribution in [0.1, 0.15) is 28.8 Å². The van der Waals surface area contributed by atoms with Crippen LogP contribution in [0.3, 0.4) is 0 Å². The Kier molecular flexibility index (Phi) is 5.20. The van der Waals surface area contributed by atoms with Crippen LogP contribution in [-0.4, -0.2) is 48.9 Å². The molecular formula is C22H23N3O4. The molecule has 4 rings (SSSR count). The number of benzene rings is 2. The lowest BCUT2D eigenvalue weighted by atomic mass is 10.1. The van der Waals surface area contributed by atoms with Crippen molar-refractivity contribution >= 4 is 23.4 Å². The van der Waals surface area contributed by atoms with Gasteiger partial charge in [0.05, 0.1) is 18.4 Å². The van der Waals surface area contributed by atoms with Gasteiger partial charge in [-0.05, 0) is 31.0 Å². The maximum absolute atomic E-state index is 13.2. The summed E-state index contributed by atoms with van der Waals surface area (Å²) in [5.74, 6) is 0.0516. The number of anilines is 1. The summed E-state index contributed by atoms with van der Waals surface area (Å²) in [6, 6.07) is 13.9. The Bertz CT molecular complexity index is 959. The molecule has 2 aliphatic rings. The maximum atomic E-state index is 13.2. The van der Waals surface area contributed by atoms with Gasteiger partial charge in [-0.25, -0.2) is 0 Å². The summed E-state index contributed by atoms with van der Waals surface area (Å²) in [7, 11) is 1.58. The summed E-state index contributed by atoms with van der Waals surface area (Å²) < 4.78 is 5.31. The summed E-state index contributed by atoms with van der Waals surface area (Å²) in [5.41, 5.74) is 1.80. The van der Waals surface area contributed by atoms with E-state index in [1.54, 1.807) is 36.3 Å². The number of para-hydroxylation sites is 2. The van der Waals surface area contributed by atoms with Crippen LogP contribution in [0, 0.1) is 0 Å². The van der Waals surface area contributed by atoms with E-state index in [2.05, 4.69) is 5.32 Å². The fraction of sp³-hybridized carbons (Fsp3) is 0.318. The van der Waals surface area contributed by atoms with Gasteiger partial charge in [-0.3, -0.25) is 14.4 Å². The smallest absolute Gasteiger partial charge is 0.256 e. The van der Waals surface area contributed by atoms with Gasteiger partial charge >= 0.3 is 0 Å². The molecule has 150 valence electrons. The van der Waals surface area contributed by atoms with Crippen molar-refractivity contribution in [1.29, 1.82) is 0 Å². The molecule has 0 unspecified atom stereocenters. The fourth-order valence-corrected chi connectivity index (χ4v) is 4.02. The van der Waals surface area contributed by atoms with Gasteiger partial charge in [0.15, 0.2) is 0 Å². The summed E-state index contributed by atoms with van der Waals surface area (Å²) in [6.45, 7) is 0.723. The molecule has 2 heterocycles. The van der Waals surface area contributed by atoms with Crippen LogP contribution < -0.4 is 15.0 Å². The van der Waals surface area contributed by atoms with Crippen LogP contribution >= 0.6 is 0 Å². The first-order valence-electron chi connectivity index (χ1n) is 9.70. The van der Waals surface area contributed by atoms with Crippen LogP contribution in [0.4, 0.5) is 5.69 Å². The van der Waals surface area contributed by atoms with E-state index in [1.807, 2.05) is 24.3 Å². The van der Waals surface area contributed by atoms with Crippen LogP contribution in [0.2, 0.25) is 0 Å². The first kappa shape index (κ1) is 19.0. The molecule has 2 aromatic rings. The molecule has 0 aromatic heterocycles. The van der Waals surface area contributed by atoms with E-state index in [4.69, 9.17) is 4.74 Å². The van der Waals surface area contributed by atoms with E-state index in [-0.39, 0.29) is 24.3 Å². The molecule has 2 aromatic carbocycles. The predicted molar refractivity (Wildman–Crippen MR) is 108 cm³/mol. The number of carbonyl (C=O) groups excluding carboxylic acids is 3. The SMILES string of the molecule is COc1ccccc1CNC(=O)CN1C(=O)[C@@H]2CCCN2C(=O)c2ccccc21. The maximum Gasteiger partial charge on any atom is 0.256 e. The Hall–Kier alpha value is -3.35. The standard InChI is InChI=1S/C22H23N3O4/c1-29-19-11-5-2-7-15(19)13-23-20(26)14-25-17-9-4-3-8-16(17)21(27)24-12-6-10-18(24)22(25)28/h2-5,7-9,11,18H,6,10,12-14H2,1H3,(H,23,26)/t18-/m0/s1. The fourth-order valence-electron chi connectivity index (χ4n) is 4.02. The lowest BCUT2D eigenvalue weighted by Crippen LogP contribution is -2.48. The first-order valence-corrected chi connectivity index (χ1v) is 9.70. The van der Waals surface area contributed by atoms with Gasteiger partial charge < -0.3 is 19.9 Å². The van der Waals surface area contributed by atoms with Gasteiger partial charge in [-0.1, -0.05) is 30.3 Å². The summed E-state index contributed by atoms with van der Waals surface area (Å²) >= 11 is 0. The highest BCUT2D eigenvalue weighted by molar-refractivity contribution is 6.12. The van der Waals surface area contributed by atoms with Crippen molar-refractivity contribution in [3.05, 3.63) is 59.7 Å². The molecule has 0 radical (unpaired) electrons. The van der Waals surface area contributed by atoms with E-state index in [9.17, 15) is 14.4 Å². The molecule has 1 fully saturated rings. The molecule has 7 heteroatoms. The van der Waals surface area contributed by atoms with Gasteiger partial charge in [0, 0.05) is 18.7 Å². The van der Waals surface area contributed by atoms with Crippen LogP contribution in [0.5, 0.6) is 5.75 Å². The monoisotopic (exact) mass is 393 g/mol. The van der Waals surface area contributed by atoms with E-state index in [0.717, 1.165) is 12.0 Å². The van der Waals surface area contributed by atoms with Gasteiger partial charge in [0.2, 0.25) is 11.8 Å². The number of amides is 3.